The quantitative estimate of drug-likeness (QED) is 0.462. The van der Waals surface area contributed by atoms with E-state index in [2.05, 4.69) is 45.0 Å². The summed E-state index contributed by atoms with van der Waals surface area (Å²) in [5, 5.41) is 5.43. The third-order valence-electron chi connectivity index (χ3n) is 7.88. The van der Waals surface area contributed by atoms with Crippen LogP contribution in [0.25, 0.3) is 21.8 Å². The van der Waals surface area contributed by atoms with Gasteiger partial charge in [0.15, 0.2) is 0 Å². The van der Waals surface area contributed by atoms with E-state index in [0.717, 1.165) is 61.9 Å². The van der Waals surface area contributed by atoms with E-state index in [0.29, 0.717) is 12.1 Å². The van der Waals surface area contributed by atoms with Crippen LogP contribution in [-0.2, 0) is 18.3 Å². The number of aromatic nitrogens is 2. The number of benzene rings is 2. The van der Waals surface area contributed by atoms with E-state index in [4.69, 9.17) is 4.74 Å². The van der Waals surface area contributed by atoms with Crippen molar-refractivity contribution in [3.63, 3.8) is 0 Å². The molecule has 0 aliphatic carbocycles. The van der Waals surface area contributed by atoms with E-state index in [1.165, 1.54) is 10.9 Å². The Morgan fingerprint density at radius 1 is 1.03 bits per heavy atom. The molecule has 4 aromatic rings. The zero-order valence-corrected chi connectivity index (χ0v) is 20.2. The Morgan fingerprint density at radius 3 is 2.66 bits per heavy atom. The van der Waals surface area contributed by atoms with Crippen molar-refractivity contribution >= 4 is 27.7 Å². The third kappa shape index (κ3) is 4.32. The minimum atomic E-state index is -0.0328. The van der Waals surface area contributed by atoms with Gasteiger partial charge in [0.05, 0.1) is 17.4 Å². The standard InChI is InChI=1S/C29H32N4O2/c1-32-26-8-3-2-7-24(26)25-18-21(9-10-27(25)32)28(34)31-19-23-11-12-29(35-23)13-16-33(17-14-29)20-22-6-4-5-15-30-22/h2-10,15,18,23H,11-14,16-17,19-20H2,1H3,(H,31,34). The SMILES string of the molecule is Cn1c2ccccc2c2cc(C(=O)NCC3CCC4(CCN(Cc5ccccn5)CC4)O3)ccc21. The van der Waals surface area contributed by atoms with Crippen LogP contribution < -0.4 is 5.32 Å². The number of likely N-dealkylation sites (tertiary alicyclic amines) is 1. The van der Waals surface area contributed by atoms with E-state index in [9.17, 15) is 4.79 Å². The average Bonchev–Trinajstić information content (AvgIpc) is 3.43. The zero-order chi connectivity index (χ0) is 23.8. The van der Waals surface area contributed by atoms with Gasteiger partial charge in [-0.15, -0.1) is 0 Å². The number of aryl methyl sites for hydroxylation is 1. The number of para-hydroxylation sites is 1. The Bertz CT molecular complexity index is 1360. The molecule has 35 heavy (non-hydrogen) atoms. The summed E-state index contributed by atoms with van der Waals surface area (Å²) in [6.45, 7) is 3.52. The number of hydrogen-bond donors (Lipinski definition) is 1. The van der Waals surface area contributed by atoms with Crippen molar-refractivity contribution in [2.75, 3.05) is 19.6 Å². The predicted molar refractivity (Wildman–Crippen MR) is 138 cm³/mol. The summed E-state index contributed by atoms with van der Waals surface area (Å²) in [6.07, 6.45) is 6.11. The van der Waals surface area contributed by atoms with Crippen LogP contribution in [0.5, 0.6) is 0 Å². The van der Waals surface area contributed by atoms with Crippen molar-refractivity contribution in [3.8, 4) is 0 Å². The molecule has 0 radical (unpaired) electrons. The van der Waals surface area contributed by atoms with E-state index in [1.54, 1.807) is 0 Å². The number of nitrogens with one attached hydrogen (secondary N) is 1. The largest absolute Gasteiger partial charge is 0.370 e. The first kappa shape index (κ1) is 22.3. The first-order chi connectivity index (χ1) is 17.1. The molecule has 1 spiro atoms. The maximum absolute atomic E-state index is 13.0. The van der Waals surface area contributed by atoms with Gasteiger partial charge in [-0.1, -0.05) is 24.3 Å². The van der Waals surface area contributed by atoms with Gasteiger partial charge in [-0.3, -0.25) is 14.7 Å². The topological polar surface area (TPSA) is 59.4 Å². The zero-order valence-electron chi connectivity index (χ0n) is 20.2. The number of carbonyl (C=O) groups is 1. The molecule has 6 rings (SSSR count). The number of carbonyl (C=O) groups excluding carboxylic acids is 1. The number of amides is 1. The summed E-state index contributed by atoms with van der Waals surface area (Å²) < 4.78 is 8.73. The molecule has 6 heteroatoms. The van der Waals surface area contributed by atoms with Gasteiger partial charge in [0.25, 0.3) is 5.91 Å². The fourth-order valence-electron chi connectivity index (χ4n) is 5.86. The average molecular weight is 469 g/mol. The highest BCUT2D eigenvalue weighted by Gasteiger charge is 2.42. The highest BCUT2D eigenvalue weighted by molar-refractivity contribution is 6.10. The van der Waals surface area contributed by atoms with E-state index in [1.807, 2.05) is 48.7 Å². The molecule has 0 saturated carbocycles. The first-order valence-electron chi connectivity index (χ1n) is 12.7. The molecular formula is C29H32N4O2. The normalized spacial score (nSPS) is 20.1. The van der Waals surface area contributed by atoms with Gasteiger partial charge in [0, 0.05) is 66.8 Å². The number of ether oxygens (including phenoxy) is 1. The first-order valence-corrected chi connectivity index (χ1v) is 12.7. The predicted octanol–water partition coefficient (Wildman–Crippen LogP) is 4.67. The molecule has 2 saturated heterocycles. The van der Waals surface area contributed by atoms with Crippen molar-refractivity contribution in [2.45, 2.75) is 43.9 Å². The molecule has 2 fully saturated rings. The molecule has 1 atom stereocenters. The highest BCUT2D eigenvalue weighted by Crippen LogP contribution is 2.39. The minimum absolute atomic E-state index is 0.0299. The molecule has 2 aliphatic heterocycles. The summed E-state index contributed by atoms with van der Waals surface area (Å²) in [4.78, 5) is 19.9. The van der Waals surface area contributed by atoms with Crippen molar-refractivity contribution in [1.29, 1.82) is 0 Å². The van der Waals surface area contributed by atoms with Crippen molar-refractivity contribution in [3.05, 3.63) is 78.1 Å². The van der Waals surface area contributed by atoms with Gasteiger partial charge in [0.2, 0.25) is 0 Å². The second-order valence-corrected chi connectivity index (χ2v) is 10.1. The van der Waals surface area contributed by atoms with Crippen LogP contribution in [0.3, 0.4) is 0 Å². The van der Waals surface area contributed by atoms with E-state index >= 15 is 0 Å². The summed E-state index contributed by atoms with van der Waals surface area (Å²) in [5.41, 5.74) is 4.11. The number of fused-ring (bicyclic) bond motifs is 3. The fraction of sp³-hybridized carbons (Fsp3) is 0.379. The number of rotatable bonds is 5. The molecule has 1 N–H and O–H groups in total. The third-order valence-corrected chi connectivity index (χ3v) is 7.88. The van der Waals surface area contributed by atoms with Gasteiger partial charge in [0.1, 0.15) is 0 Å². The fourth-order valence-corrected chi connectivity index (χ4v) is 5.86. The molecule has 6 nitrogen and oxygen atoms in total. The lowest BCUT2D eigenvalue weighted by atomic mass is 9.88. The van der Waals surface area contributed by atoms with Crippen LogP contribution in [0, 0.1) is 0 Å². The monoisotopic (exact) mass is 468 g/mol. The molecular weight excluding hydrogens is 436 g/mol. The van der Waals surface area contributed by atoms with Crippen LogP contribution >= 0.6 is 0 Å². The summed E-state index contributed by atoms with van der Waals surface area (Å²) in [5.74, 6) is -0.0328. The van der Waals surface area contributed by atoms with Crippen LogP contribution in [0.2, 0.25) is 0 Å². The Hall–Kier alpha value is -3.22. The molecule has 4 heterocycles. The van der Waals surface area contributed by atoms with Crippen LogP contribution in [0.4, 0.5) is 0 Å². The molecule has 1 unspecified atom stereocenters. The Morgan fingerprint density at radius 2 is 1.83 bits per heavy atom. The van der Waals surface area contributed by atoms with Crippen LogP contribution in [0.15, 0.2) is 66.9 Å². The Balaban J connectivity index is 1.05. The van der Waals surface area contributed by atoms with Gasteiger partial charge >= 0.3 is 0 Å². The van der Waals surface area contributed by atoms with Crippen molar-refractivity contribution in [1.82, 2.24) is 19.8 Å². The Labute approximate surface area is 205 Å². The lowest BCUT2D eigenvalue weighted by molar-refractivity contribution is -0.0765. The lowest BCUT2D eigenvalue weighted by Crippen LogP contribution is -2.45. The maximum atomic E-state index is 13.0. The molecule has 2 aromatic heterocycles. The van der Waals surface area contributed by atoms with E-state index < -0.39 is 0 Å². The molecule has 180 valence electrons. The highest BCUT2D eigenvalue weighted by atomic mass is 16.5. The van der Waals surface area contributed by atoms with Crippen LogP contribution in [-0.4, -0.2) is 51.7 Å². The smallest absolute Gasteiger partial charge is 0.251 e. The van der Waals surface area contributed by atoms with Gasteiger partial charge < -0.3 is 14.6 Å². The molecule has 2 aromatic carbocycles. The summed E-state index contributed by atoms with van der Waals surface area (Å²) >= 11 is 0. The number of pyridine rings is 1. The number of nitrogens with zero attached hydrogens (tertiary/aromatic N) is 3. The second-order valence-electron chi connectivity index (χ2n) is 10.1. The van der Waals surface area contributed by atoms with Gasteiger partial charge in [-0.05, 0) is 62.1 Å². The Kier molecular flexibility index (Phi) is 5.78. The molecule has 0 bridgehead atoms. The van der Waals surface area contributed by atoms with Crippen LogP contribution in [0.1, 0.15) is 41.7 Å². The van der Waals surface area contributed by atoms with Gasteiger partial charge in [-0.25, -0.2) is 0 Å². The van der Waals surface area contributed by atoms with Crippen molar-refractivity contribution < 1.29 is 9.53 Å². The van der Waals surface area contributed by atoms with Gasteiger partial charge in [-0.2, -0.15) is 0 Å². The molecule has 2 aliphatic rings. The lowest BCUT2D eigenvalue weighted by Gasteiger charge is -2.39. The molecule has 1 amide bonds. The number of hydrogen-bond acceptors (Lipinski definition) is 4. The van der Waals surface area contributed by atoms with Crippen molar-refractivity contribution in [2.24, 2.45) is 7.05 Å². The summed E-state index contributed by atoms with van der Waals surface area (Å²) in [6, 6.07) is 20.4. The van der Waals surface area contributed by atoms with E-state index in [-0.39, 0.29) is 17.6 Å². The summed E-state index contributed by atoms with van der Waals surface area (Å²) in [7, 11) is 2.07. The number of piperidine rings is 1. The maximum Gasteiger partial charge on any atom is 0.251 e. The minimum Gasteiger partial charge on any atom is -0.370 e. The second kappa shape index (κ2) is 9.10.